The molecule has 0 spiro atoms. The molecule has 0 amide bonds. The SMILES string of the molecule is CC(=N)N1CCC(Oc2ccc(C[C@@H](COc3cccc(C(=N)N)c3)NS(=O)(=O)c3ccc(C(=O)O)cc3)cc2)CC1. The van der Waals surface area contributed by atoms with E-state index in [-0.39, 0.29) is 29.0 Å². The fourth-order valence-corrected chi connectivity index (χ4v) is 5.86. The van der Waals surface area contributed by atoms with Gasteiger partial charge in [-0.3, -0.25) is 10.8 Å². The number of sulfonamides is 1. The van der Waals surface area contributed by atoms with Crippen molar-refractivity contribution in [3.05, 3.63) is 89.5 Å². The highest BCUT2D eigenvalue weighted by atomic mass is 32.2. The van der Waals surface area contributed by atoms with Gasteiger partial charge in [0.25, 0.3) is 0 Å². The number of piperidine rings is 1. The van der Waals surface area contributed by atoms with E-state index in [4.69, 9.17) is 31.1 Å². The van der Waals surface area contributed by atoms with Crippen molar-refractivity contribution >= 4 is 27.7 Å². The molecule has 1 heterocycles. The Morgan fingerprint density at radius 2 is 1.69 bits per heavy atom. The second-order valence-corrected chi connectivity index (χ2v) is 11.9. The minimum Gasteiger partial charge on any atom is -0.492 e. The molecule has 3 aromatic carbocycles. The molecule has 222 valence electrons. The van der Waals surface area contributed by atoms with E-state index in [1.54, 1.807) is 31.2 Å². The van der Waals surface area contributed by atoms with Gasteiger partial charge >= 0.3 is 5.97 Å². The van der Waals surface area contributed by atoms with E-state index >= 15 is 0 Å². The third kappa shape index (κ3) is 8.30. The molecular weight excluding hydrogens is 558 g/mol. The number of ether oxygens (including phenoxy) is 2. The second-order valence-electron chi connectivity index (χ2n) is 10.1. The number of likely N-dealkylation sites (tertiary alicyclic amines) is 1. The summed E-state index contributed by atoms with van der Waals surface area (Å²) < 4.78 is 41.2. The number of hydrogen-bond acceptors (Lipinski definition) is 7. The van der Waals surface area contributed by atoms with Gasteiger partial charge in [-0.25, -0.2) is 17.9 Å². The first-order valence-corrected chi connectivity index (χ1v) is 15.0. The molecule has 1 atom stereocenters. The predicted molar refractivity (Wildman–Crippen MR) is 159 cm³/mol. The maximum atomic E-state index is 13.2. The fraction of sp³-hybridized carbons (Fsp3) is 0.300. The zero-order chi connectivity index (χ0) is 30.3. The van der Waals surface area contributed by atoms with Gasteiger partial charge in [-0.15, -0.1) is 0 Å². The van der Waals surface area contributed by atoms with Crippen molar-refractivity contribution in [3.63, 3.8) is 0 Å². The van der Waals surface area contributed by atoms with Crippen LogP contribution < -0.4 is 19.9 Å². The Hall–Kier alpha value is -4.42. The van der Waals surface area contributed by atoms with Gasteiger partial charge in [-0.2, -0.15) is 0 Å². The van der Waals surface area contributed by atoms with Gasteiger partial charge in [0.05, 0.1) is 22.3 Å². The molecule has 6 N–H and O–H groups in total. The maximum Gasteiger partial charge on any atom is 0.335 e. The molecule has 0 aliphatic carbocycles. The molecule has 0 bridgehead atoms. The smallest absolute Gasteiger partial charge is 0.335 e. The number of nitrogens with one attached hydrogen (secondary N) is 3. The van der Waals surface area contributed by atoms with Gasteiger partial charge < -0.3 is 25.2 Å². The Labute approximate surface area is 245 Å². The first-order chi connectivity index (χ1) is 20.0. The lowest BCUT2D eigenvalue weighted by Crippen LogP contribution is -2.40. The highest BCUT2D eigenvalue weighted by Crippen LogP contribution is 2.21. The van der Waals surface area contributed by atoms with E-state index in [9.17, 15) is 13.2 Å². The van der Waals surface area contributed by atoms with Crippen molar-refractivity contribution in [2.24, 2.45) is 5.73 Å². The van der Waals surface area contributed by atoms with Crippen molar-refractivity contribution in [1.82, 2.24) is 9.62 Å². The summed E-state index contributed by atoms with van der Waals surface area (Å²) in [6.07, 6.45) is 2.03. The molecule has 0 saturated carbocycles. The monoisotopic (exact) mass is 593 g/mol. The number of nitrogen functional groups attached to an aromatic ring is 1. The van der Waals surface area contributed by atoms with Crippen LogP contribution in [0.1, 0.15) is 41.3 Å². The molecule has 1 fully saturated rings. The number of carboxylic acid groups (broad SMARTS) is 1. The van der Waals surface area contributed by atoms with E-state index in [0.717, 1.165) is 37.2 Å². The van der Waals surface area contributed by atoms with Crippen LogP contribution >= 0.6 is 0 Å². The van der Waals surface area contributed by atoms with Crippen LogP contribution in [0.25, 0.3) is 0 Å². The molecule has 0 radical (unpaired) electrons. The molecule has 1 aliphatic rings. The Morgan fingerprint density at radius 1 is 1.02 bits per heavy atom. The Kier molecular flexibility index (Phi) is 9.81. The van der Waals surface area contributed by atoms with Crippen molar-refractivity contribution in [2.75, 3.05) is 19.7 Å². The summed E-state index contributed by atoms with van der Waals surface area (Å²) in [7, 11) is -4.01. The zero-order valence-corrected chi connectivity index (χ0v) is 24.1. The minimum atomic E-state index is -4.01. The van der Waals surface area contributed by atoms with Gasteiger partial charge in [-0.05, 0) is 67.4 Å². The van der Waals surface area contributed by atoms with E-state index in [0.29, 0.717) is 23.6 Å². The third-order valence-electron chi connectivity index (χ3n) is 6.95. The summed E-state index contributed by atoms with van der Waals surface area (Å²) >= 11 is 0. The van der Waals surface area contributed by atoms with E-state index < -0.39 is 22.0 Å². The number of amidine groups is 2. The lowest BCUT2D eigenvalue weighted by Gasteiger charge is -2.32. The summed E-state index contributed by atoms with van der Waals surface area (Å²) in [6, 6.07) is 18.5. The molecular formula is C30H35N5O6S. The summed E-state index contributed by atoms with van der Waals surface area (Å²) in [5, 5.41) is 24.6. The van der Waals surface area contributed by atoms with Gasteiger partial charge in [0.1, 0.15) is 30.0 Å². The normalized spacial score (nSPS) is 14.6. The quantitative estimate of drug-likeness (QED) is 0.156. The molecule has 3 aromatic rings. The number of carboxylic acids is 1. The number of benzene rings is 3. The number of aromatic carboxylic acids is 1. The van der Waals surface area contributed by atoms with E-state index in [1.165, 1.54) is 24.3 Å². The summed E-state index contributed by atoms with van der Waals surface area (Å²) in [4.78, 5) is 13.1. The largest absolute Gasteiger partial charge is 0.492 e. The maximum absolute atomic E-state index is 13.2. The predicted octanol–water partition coefficient (Wildman–Crippen LogP) is 3.48. The van der Waals surface area contributed by atoms with Gasteiger partial charge in [0, 0.05) is 31.5 Å². The van der Waals surface area contributed by atoms with Crippen molar-refractivity contribution < 1.29 is 27.8 Å². The fourth-order valence-electron chi connectivity index (χ4n) is 4.64. The van der Waals surface area contributed by atoms with Crippen molar-refractivity contribution in [3.8, 4) is 11.5 Å². The molecule has 1 saturated heterocycles. The summed E-state index contributed by atoms with van der Waals surface area (Å²) in [5.41, 5.74) is 6.91. The van der Waals surface area contributed by atoms with E-state index in [1.807, 2.05) is 29.2 Å². The van der Waals surface area contributed by atoms with Crippen molar-refractivity contribution in [1.29, 1.82) is 10.8 Å². The molecule has 42 heavy (non-hydrogen) atoms. The van der Waals surface area contributed by atoms with Crippen LogP contribution in [-0.4, -0.2) is 67.9 Å². The molecule has 1 aliphatic heterocycles. The first kappa shape index (κ1) is 30.5. The van der Waals surface area contributed by atoms with Crippen LogP contribution in [0.15, 0.2) is 77.7 Å². The van der Waals surface area contributed by atoms with Crippen LogP contribution in [0, 0.1) is 10.8 Å². The highest BCUT2D eigenvalue weighted by molar-refractivity contribution is 7.89. The third-order valence-corrected chi connectivity index (χ3v) is 8.49. The average Bonchev–Trinajstić information content (AvgIpc) is 2.97. The number of nitrogens with zero attached hydrogens (tertiary/aromatic N) is 1. The van der Waals surface area contributed by atoms with Crippen LogP contribution in [0.4, 0.5) is 0 Å². The van der Waals surface area contributed by atoms with Crippen LogP contribution in [0.3, 0.4) is 0 Å². The zero-order valence-electron chi connectivity index (χ0n) is 23.2. The summed E-state index contributed by atoms with van der Waals surface area (Å²) in [6.45, 7) is 3.34. The average molecular weight is 594 g/mol. The topological polar surface area (TPSA) is 179 Å². The van der Waals surface area contributed by atoms with Crippen molar-refractivity contribution in [2.45, 2.75) is 43.2 Å². The Morgan fingerprint density at radius 3 is 2.29 bits per heavy atom. The number of carbonyl (C=O) groups is 1. The summed E-state index contributed by atoms with van der Waals surface area (Å²) in [5.74, 6) is 0.462. The number of hydrogen-bond donors (Lipinski definition) is 5. The molecule has 11 nitrogen and oxygen atoms in total. The van der Waals surface area contributed by atoms with Gasteiger partial charge in [0.15, 0.2) is 0 Å². The molecule has 4 rings (SSSR count). The van der Waals surface area contributed by atoms with Crippen LogP contribution in [0.2, 0.25) is 0 Å². The standard InChI is InChI=1S/C30H35N5O6S/c1-20(31)35-15-13-26(14-16-35)41-25-9-5-21(6-10-25)17-24(19-40-27-4-2-3-23(18-27)29(32)33)34-42(38,39)28-11-7-22(8-12-28)30(36)37/h2-12,18,24,26,31,34H,13-17,19H2,1H3,(H3,32,33)(H,36,37)/t24-/m0/s1. The lowest BCUT2D eigenvalue weighted by molar-refractivity contribution is 0.0696. The highest BCUT2D eigenvalue weighted by Gasteiger charge is 2.23. The van der Waals surface area contributed by atoms with Crippen LogP contribution in [-0.2, 0) is 16.4 Å². The molecule has 0 unspecified atom stereocenters. The Bertz CT molecular complexity index is 1520. The van der Waals surface area contributed by atoms with Gasteiger partial charge in [-0.1, -0.05) is 24.3 Å². The second kappa shape index (κ2) is 13.5. The first-order valence-electron chi connectivity index (χ1n) is 13.5. The van der Waals surface area contributed by atoms with E-state index in [2.05, 4.69) is 4.72 Å². The molecule has 0 aromatic heterocycles. The minimum absolute atomic E-state index is 0.0168. The Balaban J connectivity index is 1.46. The number of nitrogens with two attached hydrogens (primary N) is 1. The number of rotatable bonds is 12. The molecule has 12 heteroatoms. The lowest BCUT2D eigenvalue weighted by atomic mass is 10.1. The van der Waals surface area contributed by atoms with Crippen LogP contribution in [0.5, 0.6) is 11.5 Å². The van der Waals surface area contributed by atoms with Gasteiger partial charge in [0.2, 0.25) is 10.0 Å².